The first-order chi connectivity index (χ1) is 13.2. The van der Waals surface area contributed by atoms with Gasteiger partial charge in [-0.25, -0.2) is 0 Å². The summed E-state index contributed by atoms with van der Waals surface area (Å²) in [5, 5.41) is 1.21. The van der Waals surface area contributed by atoms with Crippen LogP contribution in [0.5, 0.6) is 5.75 Å². The minimum atomic E-state index is -0.0660. The van der Waals surface area contributed by atoms with Gasteiger partial charge in [-0.2, -0.15) is 0 Å². The number of aromatic amines is 2. The van der Waals surface area contributed by atoms with Crippen LogP contribution in [0.25, 0.3) is 21.9 Å². The molecule has 0 amide bonds. The van der Waals surface area contributed by atoms with Crippen molar-refractivity contribution < 1.29 is 4.74 Å². The standard InChI is InChI=1S/C24H29N3O/c1-23(2,3)19-14-26-21-9-7-15(27-22(19)21)12-24(4,5)18-13-25-20-10-8-16(28-6)11-17(18)20/h7-11,13-14,25-26H,12H2,1-6H3. The quantitative estimate of drug-likeness (QED) is 0.468. The molecule has 0 aliphatic carbocycles. The number of nitrogens with zero attached hydrogens (tertiary/aromatic N) is 1. The van der Waals surface area contributed by atoms with Crippen molar-refractivity contribution in [1.82, 2.24) is 15.0 Å². The second-order valence-corrected chi connectivity index (χ2v) is 9.33. The lowest BCUT2D eigenvalue weighted by atomic mass is 9.80. The van der Waals surface area contributed by atoms with Gasteiger partial charge in [-0.05, 0) is 53.1 Å². The van der Waals surface area contributed by atoms with Crippen molar-refractivity contribution in [1.29, 1.82) is 0 Å². The van der Waals surface area contributed by atoms with E-state index in [0.29, 0.717) is 0 Å². The van der Waals surface area contributed by atoms with E-state index in [0.717, 1.165) is 34.4 Å². The molecule has 0 atom stereocenters. The van der Waals surface area contributed by atoms with Gasteiger partial charge in [0.1, 0.15) is 5.75 Å². The molecule has 28 heavy (non-hydrogen) atoms. The van der Waals surface area contributed by atoms with Crippen molar-refractivity contribution in [2.45, 2.75) is 51.9 Å². The molecule has 0 radical (unpaired) electrons. The van der Waals surface area contributed by atoms with E-state index in [1.54, 1.807) is 7.11 Å². The maximum absolute atomic E-state index is 5.43. The number of rotatable bonds is 4. The van der Waals surface area contributed by atoms with Crippen LogP contribution in [0, 0.1) is 0 Å². The smallest absolute Gasteiger partial charge is 0.119 e. The second-order valence-electron chi connectivity index (χ2n) is 9.33. The zero-order chi connectivity index (χ0) is 20.1. The summed E-state index contributed by atoms with van der Waals surface area (Å²) in [4.78, 5) is 11.8. The minimum absolute atomic E-state index is 0.0623. The molecule has 3 aromatic heterocycles. The molecule has 146 valence electrons. The third-order valence-corrected chi connectivity index (χ3v) is 5.63. The monoisotopic (exact) mass is 375 g/mol. The molecule has 0 aliphatic heterocycles. The Labute approximate surface area is 166 Å². The third kappa shape index (κ3) is 3.17. The minimum Gasteiger partial charge on any atom is -0.497 e. The normalized spacial score (nSPS) is 12.8. The van der Waals surface area contributed by atoms with Gasteiger partial charge in [0.15, 0.2) is 0 Å². The third-order valence-electron chi connectivity index (χ3n) is 5.63. The number of nitrogens with one attached hydrogen (secondary N) is 2. The summed E-state index contributed by atoms with van der Waals surface area (Å²) in [5.74, 6) is 0.880. The van der Waals surface area contributed by atoms with Crippen LogP contribution in [-0.2, 0) is 17.3 Å². The van der Waals surface area contributed by atoms with E-state index in [1.165, 1.54) is 16.5 Å². The molecule has 2 N–H and O–H groups in total. The Morgan fingerprint density at radius 3 is 2.29 bits per heavy atom. The molecular formula is C24H29N3O. The Kier molecular flexibility index (Phi) is 4.25. The highest BCUT2D eigenvalue weighted by molar-refractivity contribution is 5.86. The first kappa shape index (κ1) is 18.6. The van der Waals surface area contributed by atoms with E-state index in [9.17, 15) is 0 Å². The molecular weight excluding hydrogens is 346 g/mol. The van der Waals surface area contributed by atoms with Gasteiger partial charge < -0.3 is 14.7 Å². The molecule has 0 spiro atoms. The van der Waals surface area contributed by atoms with Crippen LogP contribution in [0.1, 0.15) is 51.4 Å². The number of hydrogen-bond acceptors (Lipinski definition) is 2. The number of H-pyrrole nitrogens is 2. The van der Waals surface area contributed by atoms with Crippen LogP contribution < -0.4 is 4.74 Å². The fraction of sp³-hybridized carbons (Fsp3) is 0.375. The molecule has 4 heteroatoms. The van der Waals surface area contributed by atoms with E-state index >= 15 is 0 Å². The summed E-state index contributed by atoms with van der Waals surface area (Å²) < 4.78 is 5.43. The summed E-state index contributed by atoms with van der Waals surface area (Å²) in [5.41, 5.74) is 6.97. The van der Waals surface area contributed by atoms with Gasteiger partial charge in [-0.15, -0.1) is 0 Å². The van der Waals surface area contributed by atoms with Crippen LogP contribution >= 0.6 is 0 Å². The average Bonchev–Trinajstić information content (AvgIpc) is 3.24. The molecule has 1 aromatic carbocycles. The van der Waals surface area contributed by atoms with Gasteiger partial charge in [-0.1, -0.05) is 34.6 Å². The summed E-state index contributed by atoms with van der Waals surface area (Å²) in [6, 6.07) is 10.5. The SMILES string of the molecule is COc1ccc2[nH]cc(C(C)(C)Cc3ccc4[nH]cc(C(C)(C)C)c4n3)c2c1. The summed E-state index contributed by atoms with van der Waals surface area (Å²) in [7, 11) is 1.71. The van der Waals surface area contributed by atoms with Gasteiger partial charge >= 0.3 is 0 Å². The van der Waals surface area contributed by atoms with Crippen LogP contribution in [0.15, 0.2) is 42.7 Å². The van der Waals surface area contributed by atoms with Crippen molar-refractivity contribution in [2.24, 2.45) is 0 Å². The van der Waals surface area contributed by atoms with Crippen LogP contribution in [-0.4, -0.2) is 22.1 Å². The zero-order valence-electron chi connectivity index (χ0n) is 17.6. The van der Waals surface area contributed by atoms with E-state index in [-0.39, 0.29) is 10.8 Å². The highest BCUT2D eigenvalue weighted by Gasteiger charge is 2.26. The number of pyridine rings is 1. The van der Waals surface area contributed by atoms with Crippen molar-refractivity contribution >= 4 is 21.9 Å². The van der Waals surface area contributed by atoms with Gasteiger partial charge in [-0.3, -0.25) is 4.98 Å². The lowest BCUT2D eigenvalue weighted by Crippen LogP contribution is -2.21. The Bertz CT molecular complexity index is 1140. The molecule has 4 aromatic rings. The first-order valence-corrected chi connectivity index (χ1v) is 9.82. The van der Waals surface area contributed by atoms with Gasteiger partial charge in [0.05, 0.1) is 18.1 Å². The van der Waals surface area contributed by atoms with Gasteiger partial charge in [0.2, 0.25) is 0 Å². The lowest BCUT2D eigenvalue weighted by Gasteiger charge is -2.24. The Balaban J connectivity index is 1.74. The predicted molar refractivity (Wildman–Crippen MR) is 116 cm³/mol. The molecule has 0 aliphatic rings. The first-order valence-electron chi connectivity index (χ1n) is 9.82. The average molecular weight is 376 g/mol. The molecule has 0 bridgehead atoms. The second kappa shape index (κ2) is 6.40. The number of ether oxygens (including phenoxy) is 1. The van der Waals surface area contributed by atoms with E-state index < -0.39 is 0 Å². The Hall–Kier alpha value is -2.75. The topological polar surface area (TPSA) is 53.7 Å². The van der Waals surface area contributed by atoms with Gasteiger partial charge in [0, 0.05) is 34.6 Å². The summed E-state index contributed by atoms with van der Waals surface area (Å²) in [6.45, 7) is 11.2. The maximum atomic E-state index is 5.43. The molecule has 4 rings (SSSR count). The Morgan fingerprint density at radius 2 is 1.57 bits per heavy atom. The maximum Gasteiger partial charge on any atom is 0.119 e. The molecule has 0 saturated heterocycles. The van der Waals surface area contributed by atoms with Crippen LogP contribution in [0.4, 0.5) is 0 Å². The highest BCUT2D eigenvalue weighted by atomic mass is 16.5. The fourth-order valence-corrected chi connectivity index (χ4v) is 4.04. The molecule has 0 fully saturated rings. The molecule has 3 heterocycles. The van der Waals surface area contributed by atoms with E-state index in [1.807, 2.05) is 6.07 Å². The molecule has 0 saturated carbocycles. The molecule has 0 unspecified atom stereocenters. The largest absolute Gasteiger partial charge is 0.497 e. The fourth-order valence-electron chi connectivity index (χ4n) is 4.04. The van der Waals surface area contributed by atoms with Gasteiger partial charge in [0.25, 0.3) is 0 Å². The van der Waals surface area contributed by atoms with Crippen LogP contribution in [0.3, 0.4) is 0 Å². The number of benzene rings is 1. The van der Waals surface area contributed by atoms with E-state index in [4.69, 9.17) is 9.72 Å². The van der Waals surface area contributed by atoms with E-state index in [2.05, 4.69) is 81.2 Å². The van der Waals surface area contributed by atoms with Crippen molar-refractivity contribution in [3.8, 4) is 5.75 Å². The lowest BCUT2D eigenvalue weighted by molar-refractivity contribution is 0.415. The Morgan fingerprint density at radius 1 is 0.893 bits per heavy atom. The summed E-state index contributed by atoms with van der Waals surface area (Å²) in [6.07, 6.45) is 5.08. The number of methoxy groups -OCH3 is 1. The zero-order valence-corrected chi connectivity index (χ0v) is 17.6. The summed E-state index contributed by atoms with van der Waals surface area (Å²) >= 11 is 0. The van der Waals surface area contributed by atoms with Crippen molar-refractivity contribution in [2.75, 3.05) is 7.11 Å². The van der Waals surface area contributed by atoms with Crippen molar-refractivity contribution in [3.63, 3.8) is 0 Å². The molecule has 4 nitrogen and oxygen atoms in total. The highest BCUT2D eigenvalue weighted by Crippen LogP contribution is 2.35. The number of fused-ring (bicyclic) bond motifs is 2. The number of aromatic nitrogens is 3. The van der Waals surface area contributed by atoms with Crippen LogP contribution in [0.2, 0.25) is 0 Å². The van der Waals surface area contributed by atoms with Crippen molar-refractivity contribution in [3.05, 3.63) is 59.5 Å². The number of hydrogen-bond donors (Lipinski definition) is 2. The predicted octanol–water partition coefficient (Wildman–Crippen LogP) is 5.87.